The van der Waals surface area contributed by atoms with Gasteiger partial charge in [0.25, 0.3) is 11.1 Å². The Morgan fingerprint density at radius 1 is 1.28 bits per heavy atom. The molecule has 1 aliphatic rings. The minimum absolute atomic E-state index is 0.0614. The Kier molecular flexibility index (Phi) is 6.27. The molecule has 0 radical (unpaired) electrons. The van der Waals surface area contributed by atoms with E-state index in [0.29, 0.717) is 21.9 Å². The summed E-state index contributed by atoms with van der Waals surface area (Å²) in [5, 5.41) is 10.8. The van der Waals surface area contributed by atoms with E-state index in [1.807, 2.05) is 0 Å². The summed E-state index contributed by atoms with van der Waals surface area (Å²) < 4.78 is 5.65. The van der Waals surface area contributed by atoms with Gasteiger partial charge in [0.2, 0.25) is 0 Å². The minimum Gasteiger partial charge on any atom is -0.545 e. The average molecular weight is 427 g/mol. The molecule has 0 N–H and O–H groups in total. The van der Waals surface area contributed by atoms with E-state index in [9.17, 15) is 19.5 Å². The Balaban J connectivity index is 1.72. The van der Waals surface area contributed by atoms with Crippen molar-refractivity contribution in [1.29, 1.82) is 0 Å². The van der Waals surface area contributed by atoms with Crippen LogP contribution in [0.15, 0.2) is 47.4 Å². The molecule has 2 aromatic rings. The Morgan fingerprint density at radius 3 is 2.76 bits per heavy atom. The highest BCUT2D eigenvalue weighted by Crippen LogP contribution is 2.33. The lowest BCUT2D eigenvalue weighted by Gasteiger charge is -2.10. The summed E-state index contributed by atoms with van der Waals surface area (Å²) in [6.45, 7) is 0.0415. The SMILES string of the molecule is C#CCN1C(=O)S/C(=C/c2ccc(OCc3cccc(C(=O)[O-])c3)c(Cl)c2)C1=O. The predicted molar refractivity (Wildman–Crippen MR) is 108 cm³/mol. The number of hydrogen-bond donors (Lipinski definition) is 0. The van der Waals surface area contributed by atoms with E-state index in [2.05, 4.69) is 5.92 Å². The van der Waals surface area contributed by atoms with Gasteiger partial charge in [-0.05, 0) is 52.7 Å². The van der Waals surface area contributed by atoms with Gasteiger partial charge in [-0.15, -0.1) is 6.42 Å². The highest BCUT2D eigenvalue weighted by atomic mass is 35.5. The number of carboxylic acids is 1. The zero-order valence-corrected chi connectivity index (χ0v) is 16.5. The Morgan fingerprint density at radius 2 is 2.07 bits per heavy atom. The number of thioether (sulfide) groups is 1. The van der Waals surface area contributed by atoms with Crippen LogP contribution in [-0.4, -0.2) is 28.6 Å². The van der Waals surface area contributed by atoms with E-state index < -0.39 is 17.1 Å². The van der Waals surface area contributed by atoms with Crippen LogP contribution in [0.4, 0.5) is 4.79 Å². The third-order valence-electron chi connectivity index (χ3n) is 3.93. The van der Waals surface area contributed by atoms with Crippen molar-refractivity contribution in [2.75, 3.05) is 6.54 Å². The highest BCUT2D eigenvalue weighted by Gasteiger charge is 2.34. The molecule has 6 nitrogen and oxygen atoms in total. The fraction of sp³-hybridized carbons (Fsp3) is 0.0952. The third kappa shape index (κ3) is 4.80. The van der Waals surface area contributed by atoms with Crippen LogP contribution in [0.1, 0.15) is 21.5 Å². The van der Waals surface area contributed by atoms with Crippen molar-refractivity contribution < 1.29 is 24.2 Å². The molecule has 2 amide bonds. The standard InChI is InChI=1S/C21H14ClNO5S/c1-2-8-23-19(24)18(29-21(23)27)11-13-6-7-17(16(22)10-13)28-12-14-4-3-5-15(9-14)20(25)26/h1,3-7,9-11H,8,12H2,(H,25,26)/p-1/b18-11+. The van der Waals surface area contributed by atoms with E-state index in [1.54, 1.807) is 36.4 Å². The van der Waals surface area contributed by atoms with Crippen molar-refractivity contribution in [2.45, 2.75) is 6.61 Å². The van der Waals surface area contributed by atoms with Gasteiger partial charge in [0, 0.05) is 0 Å². The van der Waals surface area contributed by atoms with Crippen LogP contribution in [0.3, 0.4) is 0 Å². The van der Waals surface area contributed by atoms with Crippen molar-refractivity contribution in [3.05, 3.63) is 69.1 Å². The smallest absolute Gasteiger partial charge is 0.294 e. The van der Waals surface area contributed by atoms with Crippen LogP contribution in [-0.2, 0) is 11.4 Å². The summed E-state index contributed by atoms with van der Waals surface area (Å²) in [4.78, 5) is 36.2. The van der Waals surface area contributed by atoms with Crippen molar-refractivity contribution in [3.8, 4) is 18.1 Å². The van der Waals surface area contributed by atoms with Gasteiger partial charge < -0.3 is 14.6 Å². The quantitative estimate of drug-likeness (QED) is 0.521. The first-order valence-electron chi connectivity index (χ1n) is 8.30. The van der Waals surface area contributed by atoms with Crippen LogP contribution in [0.5, 0.6) is 5.75 Å². The Bertz CT molecular complexity index is 1070. The lowest BCUT2D eigenvalue weighted by Crippen LogP contribution is -2.28. The summed E-state index contributed by atoms with van der Waals surface area (Å²) in [5.41, 5.74) is 1.33. The molecule has 0 bridgehead atoms. The maximum Gasteiger partial charge on any atom is 0.294 e. The first-order valence-corrected chi connectivity index (χ1v) is 9.50. The van der Waals surface area contributed by atoms with Gasteiger partial charge in [-0.3, -0.25) is 14.5 Å². The third-order valence-corrected chi connectivity index (χ3v) is 5.14. The molecule has 0 atom stereocenters. The molecule has 1 saturated heterocycles. The van der Waals surface area contributed by atoms with E-state index in [0.717, 1.165) is 16.7 Å². The Hall–Kier alpha value is -3.21. The topological polar surface area (TPSA) is 86.7 Å². The number of aromatic carboxylic acids is 1. The van der Waals surface area contributed by atoms with Crippen LogP contribution < -0.4 is 9.84 Å². The first kappa shape index (κ1) is 20.5. The first-order chi connectivity index (χ1) is 13.9. The average Bonchev–Trinajstić information content (AvgIpc) is 2.95. The second-order valence-electron chi connectivity index (χ2n) is 5.94. The molecule has 146 valence electrons. The molecule has 2 aromatic carbocycles. The monoisotopic (exact) mass is 426 g/mol. The maximum atomic E-state index is 12.2. The minimum atomic E-state index is -1.26. The summed E-state index contributed by atoms with van der Waals surface area (Å²) in [6.07, 6.45) is 6.73. The van der Waals surface area contributed by atoms with Gasteiger partial charge in [-0.1, -0.05) is 41.8 Å². The van der Waals surface area contributed by atoms with E-state index in [4.69, 9.17) is 22.8 Å². The molecule has 3 rings (SSSR count). The molecular weight excluding hydrogens is 414 g/mol. The van der Waals surface area contributed by atoms with Crippen molar-refractivity contribution >= 4 is 46.6 Å². The number of nitrogens with zero attached hydrogens (tertiary/aromatic N) is 1. The zero-order chi connectivity index (χ0) is 21.0. The number of imide groups is 1. The normalized spacial score (nSPS) is 14.9. The number of ether oxygens (including phenoxy) is 1. The van der Waals surface area contributed by atoms with Gasteiger partial charge >= 0.3 is 0 Å². The summed E-state index contributed by atoms with van der Waals surface area (Å²) in [5.74, 6) is 0.965. The van der Waals surface area contributed by atoms with Crippen LogP contribution in [0, 0.1) is 12.3 Å². The molecule has 0 aliphatic carbocycles. The molecule has 1 fully saturated rings. The summed E-state index contributed by atoms with van der Waals surface area (Å²) in [6, 6.07) is 11.1. The van der Waals surface area contributed by atoms with E-state index >= 15 is 0 Å². The molecule has 1 heterocycles. The van der Waals surface area contributed by atoms with E-state index in [1.165, 1.54) is 12.1 Å². The number of benzene rings is 2. The fourth-order valence-electron chi connectivity index (χ4n) is 2.55. The van der Waals surface area contributed by atoms with Crippen LogP contribution in [0.2, 0.25) is 5.02 Å². The maximum absolute atomic E-state index is 12.2. The molecule has 0 saturated carbocycles. The second kappa shape index (κ2) is 8.86. The second-order valence-corrected chi connectivity index (χ2v) is 7.34. The van der Waals surface area contributed by atoms with Crippen molar-refractivity contribution in [1.82, 2.24) is 4.90 Å². The number of rotatable bonds is 6. The molecule has 0 unspecified atom stereocenters. The molecular formula is C21H13ClNO5S-. The largest absolute Gasteiger partial charge is 0.545 e. The predicted octanol–water partition coefficient (Wildman–Crippen LogP) is 2.95. The van der Waals surface area contributed by atoms with Gasteiger partial charge in [0.1, 0.15) is 12.4 Å². The van der Waals surface area contributed by atoms with Crippen LogP contribution in [0.25, 0.3) is 6.08 Å². The van der Waals surface area contributed by atoms with Gasteiger partial charge in [-0.2, -0.15) is 0 Å². The number of carbonyl (C=O) groups excluding carboxylic acids is 3. The van der Waals surface area contributed by atoms with Gasteiger partial charge in [0.05, 0.1) is 22.4 Å². The Labute approximate surface area is 176 Å². The number of carbonyl (C=O) groups is 3. The lowest BCUT2D eigenvalue weighted by atomic mass is 10.1. The van der Waals surface area contributed by atoms with Crippen molar-refractivity contribution in [3.63, 3.8) is 0 Å². The summed E-state index contributed by atoms with van der Waals surface area (Å²) in [7, 11) is 0. The van der Waals surface area contributed by atoms with Gasteiger partial charge in [0.15, 0.2) is 0 Å². The molecule has 0 spiro atoms. The zero-order valence-electron chi connectivity index (χ0n) is 14.9. The number of terminal acetylenes is 1. The number of amides is 2. The van der Waals surface area contributed by atoms with Crippen molar-refractivity contribution in [2.24, 2.45) is 0 Å². The lowest BCUT2D eigenvalue weighted by molar-refractivity contribution is -0.255. The number of halogens is 1. The summed E-state index contributed by atoms with van der Waals surface area (Å²) >= 11 is 7.07. The molecule has 1 aliphatic heterocycles. The van der Waals surface area contributed by atoms with E-state index in [-0.39, 0.29) is 23.6 Å². The highest BCUT2D eigenvalue weighted by molar-refractivity contribution is 8.18. The molecule has 29 heavy (non-hydrogen) atoms. The molecule has 0 aromatic heterocycles. The number of hydrogen-bond acceptors (Lipinski definition) is 6. The van der Waals surface area contributed by atoms with Gasteiger partial charge in [-0.25, -0.2) is 0 Å². The van der Waals surface area contributed by atoms with Crippen LogP contribution >= 0.6 is 23.4 Å². The number of carboxylic acid groups (broad SMARTS) is 1. The molecule has 8 heteroatoms. The fourth-order valence-corrected chi connectivity index (χ4v) is 3.63.